The Kier molecular flexibility index (Phi) is 8.63. The highest BCUT2D eigenvalue weighted by Crippen LogP contribution is 2.20. The number of nitrogens with zero attached hydrogens (tertiary/aromatic N) is 3. The highest BCUT2D eigenvalue weighted by molar-refractivity contribution is 6.01. The standard InChI is InChI=1S/C17H25N3O3.C5H5NO4/c1-16(2,3)8-9-22-17(4,5)11-18-15(21)12-6-7-13-14(10-12)20-23-19-13;7-3-10-6-4(8)1-2-5(6)9/h6-7,10H,8-9,11H2,1-5H3,(H,18,21);3H,1-2H2. The molecule has 2 aromatic rings. The van der Waals surface area contributed by atoms with E-state index in [4.69, 9.17) is 4.74 Å². The van der Waals surface area contributed by atoms with E-state index in [0.29, 0.717) is 34.8 Å². The lowest BCUT2D eigenvalue weighted by Crippen LogP contribution is -2.41. The van der Waals surface area contributed by atoms with Gasteiger partial charge in [0.25, 0.3) is 17.7 Å². The number of hydroxylamine groups is 2. The molecule has 0 saturated carbocycles. The van der Waals surface area contributed by atoms with Crippen LogP contribution in [0.3, 0.4) is 0 Å². The zero-order chi connectivity index (χ0) is 24.6. The van der Waals surface area contributed by atoms with Crippen LogP contribution >= 0.6 is 0 Å². The van der Waals surface area contributed by atoms with Gasteiger partial charge in [0.05, 0.1) is 5.60 Å². The lowest BCUT2D eigenvalue weighted by Gasteiger charge is -2.28. The Hall–Kier alpha value is -3.34. The molecule has 3 rings (SSSR count). The van der Waals surface area contributed by atoms with Crippen molar-refractivity contribution >= 4 is 35.2 Å². The molecule has 1 fully saturated rings. The molecule has 0 spiro atoms. The Bertz CT molecular complexity index is 978. The number of benzene rings is 1. The number of hydrogen-bond donors (Lipinski definition) is 1. The molecule has 33 heavy (non-hydrogen) atoms. The van der Waals surface area contributed by atoms with Gasteiger partial charge in [-0.15, -0.1) is 5.06 Å². The van der Waals surface area contributed by atoms with Crippen molar-refractivity contribution in [2.24, 2.45) is 5.41 Å². The van der Waals surface area contributed by atoms with Crippen LogP contribution in [0.1, 0.15) is 64.2 Å². The summed E-state index contributed by atoms with van der Waals surface area (Å²) in [5.74, 6) is -1.09. The Labute approximate surface area is 191 Å². The van der Waals surface area contributed by atoms with Crippen molar-refractivity contribution in [1.29, 1.82) is 0 Å². The molecule has 1 saturated heterocycles. The molecular weight excluding hydrogens is 432 g/mol. The first-order valence-corrected chi connectivity index (χ1v) is 10.5. The van der Waals surface area contributed by atoms with E-state index >= 15 is 0 Å². The Morgan fingerprint density at radius 2 is 1.76 bits per heavy atom. The Morgan fingerprint density at radius 1 is 1.12 bits per heavy atom. The Balaban J connectivity index is 0.000000321. The zero-order valence-electron chi connectivity index (χ0n) is 19.5. The highest BCUT2D eigenvalue weighted by Gasteiger charge is 2.30. The fourth-order valence-corrected chi connectivity index (χ4v) is 2.72. The van der Waals surface area contributed by atoms with Gasteiger partial charge < -0.3 is 14.9 Å². The van der Waals surface area contributed by atoms with E-state index in [2.05, 4.69) is 45.9 Å². The second kappa shape index (κ2) is 11.0. The van der Waals surface area contributed by atoms with Crippen molar-refractivity contribution in [2.45, 2.75) is 59.5 Å². The van der Waals surface area contributed by atoms with Crippen molar-refractivity contribution < 1.29 is 33.4 Å². The van der Waals surface area contributed by atoms with Gasteiger partial charge in [-0.2, -0.15) is 0 Å². The number of rotatable bonds is 8. The summed E-state index contributed by atoms with van der Waals surface area (Å²) in [5, 5.41) is 10.8. The summed E-state index contributed by atoms with van der Waals surface area (Å²) in [5.41, 5.74) is 1.55. The number of nitrogens with one attached hydrogen (secondary N) is 1. The minimum absolute atomic E-state index is 0.0567. The quantitative estimate of drug-likeness (QED) is 0.462. The van der Waals surface area contributed by atoms with Gasteiger partial charge in [0.1, 0.15) is 11.0 Å². The molecule has 1 aromatic heterocycles. The maximum absolute atomic E-state index is 12.2. The molecule has 2 heterocycles. The van der Waals surface area contributed by atoms with E-state index in [1.807, 2.05) is 13.8 Å². The predicted octanol–water partition coefficient (Wildman–Crippen LogP) is 2.41. The molecule has 1 aliphatic rings. The summed E-state index contributed by atoms with van der Waals surface area (Å²) >= 11 is 0. The molecule has 0 radical (unpaired) electrons. The molecule has 1 aliphatic heterocycles. The van der Waals surface area contributed by atoms with Crippen LogP contribution in [0.4, 0.5) is 0 Å². The van der Waals surface area contributed by atoms with Crippen molar-refractivity contribution in [1.82, 2.24) is 20.7 Å². The summed E-state index contributed by atoms with van der Waals surface area (Å²) in [6.07, 6.45) is 1.24. The van der Waals surface area contributed by atoms with Crippen molar-refractivity contribution in [3.05, 3.63) is 23.8 Å². The van der Waals surface area contributed by atoms with Gasteiger partial charge in [-0.25, -0.2) is 4.63 Å². The van der Waals surface area contributed by atoms with Crippen LogP contribution in [-0.4, -0.2) is 58.3 Å². The molecular formula is C22H30N4O7. The van der Waals surface area contributed by atoms with Gasteiger partial charge in [-0.05, 0) is 54.2 Å². The van der Waals surface area contributed by atoms with Gasteiger partial charge >= 0.3 is 6.47 Å². The second-order valence-corrected chi connectivity index (χ2v) is 9.35. The third-order valence-electron chi connectivity index (χ3n) is 4.69. The number of carbonyl (C=O) groups is 4. The third-order valence-corrected chi connectivity index (χ3v) is 4.69. The number of imide groups is 1. The first-order chi connectivity index (χ1) is 15.4. The van der Waals surface area contributed by atoms with E-state index in [0.717, 1.165) is 6.42 Å². The number of amides is 3. The van der Waals surface area contributed by atoms with Gasteiger partial charge in [-0.1, -0.05) is 20.8 Å². The summed E-state index contributed by atoms with van der Waals surface area (Å²) in [4.78, 5) is 47.2. The van der Waals surface area contributed by atoms with Crippen LogP contribution in [0, 0.1) is 5.41 Å². The number of hydrogen-bond acceptors (Lipinski definition) is 9. The maximum Gasteiger partial charge on any atom is 0.321 e. The van der Waals surface area contributed by atoms with Crippen molar-refractivity contribution in [3.63, 3.8) is 0 Å². The van der Waals surface area contributed by atoms with Crippen LogP contribution in [0.25, 0.3) is 11.0 Å². The van der Waals surface area contributed by atoms with E-state index in [-0.39, 0.29) is 30.6 Å². The number of carbonyl (C=O) groups excluding carboxylic acids is 4. The minimum Gasteiger partial charge on any atom is -0.374 e. The van der Waals surface area contributed by atoms with Gasteiger partial charge in [-0.3, -0.25) is 19.2 Å². The van der Waals surface area contributed by atoms with Gasteiger partial charge in [0.2, 0.25) is 0 Å². The topological polar surface area (TPSA) is 141 Å². The van der Waals surface area contributed by atoms with E-state index in [1.54, 1.807) is 18.2 Å². The molecule has 0 bridgehead atoms. The van der Waals surface area contributed by atoms with E-state index < -0.39 is 17.4 Å². The van der Waals surface area contributed by atoms with Crippen LogP contribution < -0.4 is 5.32 Å². The largest absolute Gasteiger partial charge is 0.374 e. The molecule has 0 unspecified atom stereocenters. The van der Waals surface area contributed by atoms with E-state index in [1.165, 1.54) is 0 Å². The first-order valence-electron chi connectivity index (χ1n) is 10.5. The van der Waals surface area contributed by atoms with Gasteiger partial charge in [0, 0.05) is 31.6 Å². The number of aromatic nitrogens is 2. The van der Waals surface area contributed by atoms with Gasteiger partial charge in [0.15, 0.2) is 0 Å². The van der Waals surface area contributed by atoms with Crippen LogP contribution in [-0.2, 0) is 24.0 Å². The molecule has 0 aliphatic carbocycles. The molecule has 11 nitrogen and oxygen atoms in total. The van der Waals surface area contributed by atoms with Crippen molar-refractivity contribution in [3.8, 4) is 0 Å². The minimum atomic E-state index is -0.461. The van der Waals surface area contributed by atoms with Crippen LogP contribution in [0.15, 0.2) is 22.8 Å². The van der Waals surface area contributed by atoms with Crippen LogP contribution in [0.2, 0.25) is 0 Å². The molecule has 0 atom stereocenters. The molecule has 3 amide bonds. The summed E-state index contributed by atoms with van der Waals surface area (Å²) in [6, 6.07) is 5.08. The number of ether oxygens (including phenoxy) is 1. The summed E-state index contributed by atoms with van der Waals surface area (Å²) < 4.78 is 10.5. The fraction of sp³-hybridized carbons (Fsp3) is 0.545. The average molecular weight is 463 g/mol. The molecule has 180 valence electrons. The maximum atomic E-state index is 12.2. The lowest BCUT2D eigenvalue weighted by atomic mass is 9.93. The Morgan fingerprint density at radius 3 is 2.36 bits per heavy atom. The predicted molar refractivity (Wildman–Crippen MR) is 116 cm³/mol. The molecule has 1 aromatic carbocycles. The van der Waals surface area contributed by atoms with Crippen LogP contribution in [0.5, 0.6) is 0 Å². The summed E-state index contributed by atoms with van der Waals surface area (Å²) in [6.45, 7) is 11.6. The number of fused-ring (bicyclic) bond motifs is 1. The lowest BCUT2D eigenvalue weighted by molar-refractivity contribution is -0.188. The normalized spacial score (nSPS) is 14.2. The summed E-state index contributed by atoms with van der Waals surface area (Å²) in [7, 11) is 0. The molecule has 11 heteroatoms. The van der Waals surface area contributed by atoms with Crippen molar-refractivity contribution in [2.75, 3.05) is 13.2 Å². The van der Waals surface area contributed by atoms with E-state index in [9.17, 15) is 19.2 Å². The first kappa shape index (κ1) is 25.9. The second-order valence-electron chi connectivity index (χ2n) is 9.35. The molecule has 1 N–H and O–H groups in total. The SMILES string of the molecule is CC(C)(C)CCOC(C)(C)CNC(=O)c1ccc2nonc2c1.O=CON1C(=O)CCC1=O. The zero-order valence-corrected chi connectivity index (χ0v) is 19.5. The highest BCUT2D eigenvalue weighted by atomic mass is 16.7. The smallest absolute Gasteiger partial charge is 0.321 e. The third kappa shape index (κ3) is 8.26. The monoisotopic (exact) mass is 462 g/mol. The fourth-order valence-electron chi connectivity index (χ4n) is 2.72. The average Bonchev–Trinajstić information content (AvgIpc) is 3.33.